The number of halogens is 3. The molecule has 1 aliphatic rings. The van der Waals surface area contributed by atoms with Gasteiger partial charge in [0.15, 0.2) is 11.6 Å². The molecule has 0 fully saturated rings. The van der Waals surface area contributed by atoms with Crippen LogP contribution in [0, 0.1) is 18.6 Å². The van der Waals surface area contributed by atoms with Gasteiger partial charge in [0.05, 0.1) is 18.0 Å². The summed E-state index contributed by atoms with van der Waals surface area (Å²) in [6, 6.07) is 3.72. The molecular formula is C15H15ClF2N2. The fourth-order valence-electron chi connectivity index (χ4n) is 2.69. The van der Waals surface area contributed by atoms with Crippen molar-refractivity contribution in [1.82, 2.24) is 10.3 Å². The van der Waals surface area contributed by atoms with Crippen molar-refractivity contribution < 1.29 is 8.78 Å². The number of rotatable bonds is 1. The number of pyridine rings is 1. The molecule has 2 nitrogen and oxygen atoms in total. The van der Waals surface area contributed by atoms with E-state index in [1.807, 2.05) is 13.0 Å². The third-order valence-electron chi connectivity index (χ3n) is 3.64. The van der Waals surface area contributed by atoms with Gasteiger partial charge < -0.3 is 5.32 Å². The normalized spacial score (nSPS) is 13.6. The maximum absolute atomic E-state index is 13.9. The second-order valence-corrected chi connectivity index (χ2v) is 4.79. The van der Waals surface area contributed by atoms with Crippen LogP contribution in [0.4, 0.5) is 8.78 Å². The summed E-state index contributed by atoms with van der Waals surface area (Å²) in [6.45, 7) is 3.58. The van der Waals surface area contributed by atoms with Crippen LogP contribution in [0.2, 0.25) is 0 Å². The van der Waals surface area contributed by atoms with Gasteiger partial charge in [-0.05, 0) is 42.1 Å². The lowest BCUT2D eigenvalue weighted by molar-refractivity contribution is 0.577. The van der Waals surface area contributed by atoms with Crippen molar-refractivity contribution in [1.29, 1.82) is 0 Å². The summed E-state index contributed by atoms with van der Waals surface area (Å²) in [4.78, 5) is 3.53. The second-order valence-electron chi connectivity index (χ2n) is 4.79. The molecule has 0 amide bonds. The zero-order valence-electron chi connectivity index (χ0n) is 11.0. The van der Waals surface area contributed by atoms with E-state index in [2.05, 4.69) is 10.3 Å². The highest BCUT2D eigenvalue weighted by molar-refractivity contribution is 5.85. The quantitative estimate of drug-likeness (QED) is 0.872. The molecule has 106 valence electrons. The van der Waals surface area contributed by atoms with E-state index in [4.69, 9.17) is 0 Å². The highest BCUT2D eigenvalue weighted by atomic mass is 35.5. The third-order valence-corrected chi connectivity index (χ3v) is 3.64. The number of fused-ring (bicyclic) bond motifs is 1. The number of aryl methyl sites for hydroxylation is 1. The fraction of sp³-hybridized carbons (Fsp3) is 0.267. The predicted octanol–water partition coefficient (Wildman–Crippen LogP) is 3.40. The van der Waals surface area contributed by atoms with Gasteiger partial charge in [-0.1, -0.05) is 12.1 Å². The molecule has 0 aliphatic carbocycles. The molecule has 2 heterocycles. The van der Waals surface area contributed by atoms with Gasteiger partial charge in [0.1, 0.15) is 0 Å². The van der Waals surface area contributed by atoms with E-state index in [0.29, 0.717) is 12.1 Å². The smallest absolute Gasteiger partial charge is 0.152 e. The number of hydrogen-bond acceptors (Lipinski definition) is 2. The van der Waals surface area contributed by atoms with E-state index >= 15 is 0 Å². The molecule has 3 rings (SSSR count). The zero-order valence-corrected chi connectivity index (χ0v) is 11.9. The minimum atomic E-state index is -0.614. The van der Waals surface area contributed by atoms with Gasteiger partial charge in [-0.2, -0.15) is 0 Å². The molecule has 0 saturated heterocycles. The Morgan fingerprint density at radius 3 is 2.50 bits per heavy atom. The van der Waals surface area contributed by atoms with Gasteiger partial charge in [0, 0.05) is 6.54 Å². The van der Waals surface area contributed by atoms with E-state index in [-0.39, 0.29) is 18.0 Å². The minimum Gasteiger partial charge on any atom is -0.312 e. The average molecular weight is 297 g/mol. The molecule has 0 atom stereocenters. The van der Waals surface area contributed by atoms with Crippen LogP contribution in [0.3, 0.4) is 0 Å². The highest BCUT2D eigenvalue weighted by Crippen LogP contribution is 2.33. The van der Waals surface area contributed by atoms with Gasteiger partial charge in [-0.25, -0.2) is 8.78 Å². The summed E-state index contributed by atoms with van der Waals surface area (Å²) in [5, 5.41) is 3.26. The molecule has 1 aromatic heterocycles. The molecule has 0 saturated carbocycles. The summed E-state index contributed by atoms with van der Waals surface area (Å²) in [7, 11) is 0. The van der Waals surface area contributed by atoms with Crippen LogP contribution >= 0.6 is 12.4 Å². The second kappa shape index (κ2) is 5.85. The van der Waals surface area contributed by atoms with Crippen LogP contribution in [0.15, 0.2) is 24.5 Å². The predicted molar refractivity (Wildman–Crippen MR) is 77.0 cm³/mol. The molecular weight excluding hydrogens is 282 g/mol. The SMILES string of the molecule is Cc1ccc(-c2c(F)cncc2F)c2c1CCNC2.Cl. The first-order valence-corrected chi connectivity index (χ1v) is 6.30. The highest BCUT2D eigenvalue weighted by Gasteiger charge is 2.20. The summed E-state index contributed by atoms with van der Waals surface area (Å²) in [5.74, 6) is -1.23. The summed E-state index contributed by atoms with van der Waals surface area (Å²) in [5.41, 5.74) is 4.03. The van der Waals surface area contributed by atoms with Crippen molar-refractivity contribution in [3.05, 3.63) is 52.9 Å². The van der Waals surface area contributed by atoms with Gasteiger partial charge in [-0.3, -0.25) is 4.98 Å². The van der Waals surface area contributed by atoms with Gasteiger partial charge in [0.2, 0.25) is 0 Å². The Labute approximate surface area is 122 Å². The van der Waals surface area contributed by atoms with Crippen molar-refractivity contribution in [2.24, 2.45) is 0 Å². The van der Waals surface area contributed by atoms with Crippen molar-refractivity contribution in [2.45, 2.75) is 19.9 Å². The Balaban J connectivity index is 0.00000147. The van der Waals surface area contributed by atoms with E-state index in [1.165, 1.54) is 11.1 Å². The van der Waals surface area contributed by atoms with Gasteiger partial charge >= 0.3 is 0 Å². The van der Waals surface area contributed by atoms with Crippen molar-refractivity contribution in [3.63, 3.8) is 0 Å². The number of aromatic nitrogens is 1. The van der Waals surface area contributed by atoms with Gasteiger partial charge in [0.25, 0.3) is 0 Å². The van der Waals surface area contributed by atoms with E-state index in [9.17, 15) is 8.78 Å². The number of benzene rings is 1. The largest absolute Gasteiger partial charge is 0.312 e. The first kappa shape index (κ1) is 14.9. The lowest BCUT2D eigenvalue weighted by Crippen LogP contribution is -2.25. The maximum atomic E-state index is 13.9. The molecule has 0 spiro atoms. The van der Waals surface area contributed by atoms with E-state index < -0.39 is 11.6 Å². The van der Waals surface area contributed by atoms with Crippen molar-refractivity contribution in [3.8, 4) is 11.1 Å². The zero-order chi connectivity index (χ0) is 13.4. The number of nitrogens with one attached hydrogen (secondary N) is 1. The monoisotopic (exact) mass is 296 g/mol. The number of nitrogens with zero attached hydrogens (tertiary/aromatic N) is 1. The van der Waals surface area contributed by atoms with Crippen LogP contribution in [-0.4, -0.2) is 11.5 Å². The molecule has 0 unspecified atom stereocenters. The summed E-state index contributed by atoms with van der Waals surface area (Å²) >= 11 is 0. The van der Waals surface area contributed by atoms with Crippen LogP contribution in [0.25, 0.3) is 11.1 Å². The Kier molecular flexibility index (Phi) is 4.35. The topological polar surface area (TPSA) is 24.9 Å². The molecule has 5 heteroatoms. The van der Waals surface area contributed by atoms with Crippen molar-refractivity contribution >= 4 is 12.4 Å². The Morgan fingerprint density at radius 2 is 1.80 bits per heavy atom. The minimum absolute atomic E-state index is 0. The van der Waals surface area contributed by atoms with E-state index in [1.54, 1.807) is 6.07 Å². The molecule has 1 aromatic carbocycles. The Morgan fingerprint density at radius 1 is 1.10 bits per heavy atom. The van der Waals surface area contributed by atoms with Crippen LogP contribution in [0.5, 0.6) is 0 Å². The molecule has 0 radical (unpaired) electrons. The third kappa shape index (κ3) is 2.41. The first-order valence-electron chi connectivity index (χ1n) is 6.30. The summed E-state index contributed by atoms with van der Waals surface area (Å²) in [6.07, 6.45) is 3.01. The lowest BCUT2D eigenvalue weighted by atomic mass is 9.89. The fourth-order valence-corrected chi connectivity index (χ4v) is 2.69. The molecule has 2 aromatic rings. The summed E-state index contributed by atoms with van der Waals surface area (Å²) < 4.78 is 27.8. The van der Waals surface area contributed by atoms with Crippen LogP contribution in [-0.2, 0) is 13.0 Å². The maximum Gasteiger partial charge on any atom is 0.152 e. The molecule has 0 bridgehead atoms. The first-order chi connectivity index (χ1) is 9.18. The lowest BCUT2D eigenvalue weighted by Gasteiger charge is -2.23. The Hall–Kier alpha value is -1.52. The number of hydrogen-bond donors (Lipinski definition) is 1. The van der Waals surface area contributed by atoms with Crippen LogP contribution < -0.4 is 5.32 Å². The molecule has 1 aliphatic heterocycles. The van der Waals surface area contributed by atoms with E-state index in [0.717, 1.165) is 30.9 Å². The van der Waals surface area contributed by atoms with Gasteiger partial charge in [-0.15, -0.1) is 12.4 Å². The molecule has 1 N–H and O–H groups in total. The Bertz CT molecular complexity index is 624. The average Bonchev–Trinajstić information content (AvgIpc) is 2.41. The van der Waals surface area contributed by atoms with Crippen molar-refractivity contribution in [2.75, 3.05) is 6.54 Å². The van der Waals surface area contributed by atoms with Crippen LogP contribution in [0.1, 0.15) is 16.7 Å². The standard InChI is InChI=1S/C15H14F2N2.ClH/c1-9-2-3-11(12-6-18-5-4-10(9)12)15-13(16)7-19-8-14(15)17;/h2-3,7-8,18H,4-6H2,1H3;1H. The molecule has 20 heavy (non-hydrogen) atoms.